The average molecular weight is 217 g/mol. The highest BCUT2D eigenvalue weighted by atomic mass is 16.5. The van der Waals surface area contributed by atoms with E-state index < -0.39 is 0 Å². The third-order valence-corrected chi connectivity index (χ3v) is 2.74. The van der Waals surface area contributed by atoms with Crippen LogP contribution in [0.15, 0.2) is 18.3 Å². The van der Waals surface area contributed by atoms with Crippen LogP contribution < -0.4 is 10.1 Å². The first-order chi connectivity index (χ1) is 7.83. The molecule has 0 saturated heterocycles. The van der Waals surface area contributed by atoms with Gasteiger partial charge in [0.15, 0.2) is 0 Å². The van der Waals surface area contributed by atoms with Gasteiger partial charge in [-0.15, -0.1) is 0 Å². The molecule has 0 radical (unpaired) electrons. The van der Waals surface area contributed by atoms with E-state index in [1.54, 1.807) is 19.4 Å². The molecule has 0 aromatic carbocycles. The normalized spacial score (nSPS) is 16.5. The summed E-state index contributed by atoms with van der Waals surface area (Å²) in [5.74, 6) is 1.34. The molecule has 1 aromatic rings. The fourth-order valence-corrected chi connectivity index (χ4v) is 1.53. The number of rotatable bonds is 5. The smallest absolute Gasteiger partial charge is 0.212 e. The van der Waals surface area contributed by atoms with Gasteiger partial charge in [-0.1, -0.05) is 0 Å². The van der Waals surface area contributed by atoms with Gasteiger partial charge in [0.05, 0.1) is 13.2 Å². The van der Waals surface area contributed by atoms with Crippen LogP contribution in [0, 0.1) is 17.2 Å². The van der Waals surface area contributed by atoms with Crippen molar-refractivity contribution in [3.05, 3.63) is 23.9 Å². The summed E-state index contributed by atoms with van der Waals surface area (Å²) in [4.78, 5) is 4.10. The molecule has 0 amide bonds. The number of nitriles is 1. The minimum absolute atomic E-state index is 0.265. The van der Waals surface area contributed by atoms with Gasteiger partial charge in [-0.3, -0.25) is 5.32 Å². The lowest BCUT2D eigenvalue weighted by molar-refractivity contribution is 0.397. The molecule has 1 N–H and O–H groups in total. The van der Waals surface area contributed by atoms with Crippen molar-refractivity contribution in [3.8, 4) is 11.9 Å². The van der Waals surface area contributed by atoms with Crippen LogP contribution in [-0.2, 0) is 0 Å². The zero-order valence-electron chi connectivity index (χ0n) is 9.31. The molecule has 1 fully saturated rings. The average Bonchev–Trinajstić information content (AvgIpc) is 3.15. The SMILES string of the molecule is COc1ccc(C(C#N)NCC2CC2)cn1. The summed E-state index contributed by atoms with van der Waals surface area (Å²) in [6, 6.07) is 5.63. The van der Waals surface area contributed by atoms with Crippen LogP contribution >= 0.6 is 0 Å². The van der Waals surface area contributed by atoms with Crippen LogP contribution in [0.1, 0.15) is 24.4 Å². The Balaban J connectivity index is 1.98. The second-order valence-corrected chi connectivity index (χ2v) is 4.05. The summed E-state index contributed by atoms with van der Waals surface area (Å²) in [6.07, 6.45) is 4.25. The largest absolute Gasteiger partial charge is 0.481 e. The van der Waals surface area contributed by atoms with Gasteiger partial charge < -0.3 is 4.74 Å². The third kappa shape index (κ3) is 2.71. The summed E-state index contributed by atoms with van der Waals surface area (Å²) in [5.41, 5.74) is 0.893. The van der Waals surface area contributed by atoms with Gasteiger partial charge in [0.2, 0.25) is 5.88 Å². The highest BCUT2D eigenvalue weighted by Gasteiger charge is 2.22. The molecule has 1 aliphatic carbocycles. The van der Waals surface area contributed by atoms with Crippen molar-refractivity contribution in [3.63, 3.8) is 0 Å². The number of aromatic nitrogens is 1. The Morgan fingerprint density at radius 2 is 2.44 bits per heavy atom. The molecule has 0 spiro atoms. The summed E-state index contributed by atoms with van der Waals surface area (Å²) in [5, 5.41) is 12.3. The van der Waals surface area contributed by atoms with E-state index in [1.807, 2.05) is 6.07 Å². The molecule has 1 aromatic heterocycles. The maximum atomic E-state index is 9.07. The monoisotopic (exact) mass is 217 g/mol. The third-order valence-electron chi connectivity index (χ3n) is 2.74. The summed E-state index contributed by atoms with van der Waals surface area (Å²) < 4.78 is 4.98. The van der Waals surface area contributed by atoms with Crippen molar-refractivity contribution in [2.45, 2.75) is 18.9 Å². The van der Waals surface area contributed by atoms with Gasteiger partial charge >= 0.3 is 0 Å². The van der Waals surface area contributed by atoms with Crippen molar-refractivity contribution in [2.75, 3.05) is 13.7 Å². The minimum atomic E-state index is -0.265. The van der Waals surface area contributed by atoms with Gasteiger partial charge in [0.1, 0.15) is 6.04 Å². The van der Waals surface area contributed by atoms with Gasteiger partial charge in [0.25, 0.3) is 0 Å². The topological polar surface area (TPSA) is 57.9 Å². The lowest BCUT2D eigenvalue weighted by atomic mass is 10.1. The van der Waals surface area contributed by atoms with Crippen molar-refractivity contribution < 1.29 is 4.74 Å². The first-order valence-electron chi connectivity index (χ1n) is 5.46. The van der Waals surface area contributed by atoms with Crippen LogP contribution in [0.3, 0.4) is 0 Å². The van der Waals surface area contributed by atoms with Gasteiger partial charge in [0, 0.05) is 17.8 Å². The molecular formula is C12H15N3O. The predicted octanol–water partition coefficient (Wildman–Crippen LogP) is 1.65. The summed E-state index contributed by atoms with van der Waals surface area (Å²) in [7, 11) is 1.58. The molecule has 84 valence electrons. The van der Waals surface area contributed by atoms with Gasteiger partial charge in [-0.25, -0.2) is 4.98 Å². The van der Waals surface area contributed by atoms with Crippen molar-refractivity contribution in [2.24, 2.45) is 5.92 Å². The molecule has 0 bridgehead atoms. The van der Waals surface area contributed by atoms with Gasteiger partial charge in [-0.2, -0.15) is 5.26 Å². The zero-order chi connectivity index (χ0) is 11.4. The zero-order valence-corrected chi connectivity index (χ0v) is 9.31. The van der Waals surface area contributed by atoms with Crippen molar-refractivity contribution >= 4 is 0 Å². The first-order valence-corrected chi connectivity index (χ1v) is 5.46. The lowest BCUT2D eigenvalue weighted by Gasteiger charge is -2.11. The molecule has 16 heavy (non-hydrogen) atoms. The quantitative estimate of drug-likeness (QED) is 0.814. The number of ether oxygens (including phenoxy) is 1. The van der Waals surface area contributed by atoms with Crippen molar-refractivity contribution in [1.29, 1.82) is 5.26 Å². The first kappa shape index (κ1) is 10.9. The Labute approximate surface area is 95.3 Å². The van der Waals surface area contributed by atoms with Crippen LogP contribution in [0.5, 0.6) is 5.88 Å². The van der Waals surface area contributed by atoms with E-state index in [1.165, 1.54) is 12.8 Å². The molecule has 1 atom stereocenters. The van der Waals surface area contributed by atoms with Crippen LogP contribution in [-0.4, -0.2) is 18.6 Å². The number of methoxy groups -OCH3 is 1. The maximum Gasteiger partial charge on any atom is 0.212 e. The second-order valence-electron chi connectivity index (χ2n) is 4.05. The molecule has 2 rings (SSSR count). The molecule has 1 heterocycles. The molecule has 1 saturated carbocycles. The Kier molecular flexibility index (Phi) is 3.37. The number of nitrogens with zero attached hydrogens (tertiary/aromatic N) is 2. The Morgan fingerprint density at radius 3 is 2.94 bits per heavy atom. The Bertz CT molecular complexity index is 378. The molecule has 4 nitrogen and oxygen atoms in total. The second kappa shape index (κ2) is 4.95. The minimum Gasteiger partial charge on any atom is -0.481 e. The van der Waals surface area contributed by atoms with E-state index in [2.05, 4.69) is 16.4 Å². The Hall–Kier alpha value is -1.60. The van der Waals surface area contributed by atoms with Crippen LogP contribution in [0.2, 0.25) is 0 Å². The fraction of sp³-hybridized carbons (Fsp3) is 0.500. The van der Waals surface area contributed by atoms with Crippen LogP contribution in [0.4, 0.5) is 0 Å². The van der Waals surface area contributed by atoms with E-state index in [4.69, 9.17) is 10.00 Å². The fourth-order valence-electron chi connectivity index (χ4n) is 1.53. The van der Waals surface area contributed by atoms with Crippen LogP contribution in [0.25, 0.3) is 0 Å². The summed E-state index contributed by atoms with van der Waals surface area (Å²) in [6.45, 7) is 0.921. The predicted molar refractivity (Wildman–Crippen MR) is 59.9 cm³/mol. The highest BCUT2D eigenvalue weighted by molar-refractivity contribution is 5.24. The molecule has 4 heteroatoms. The van der Waals surface area contributed by atoms with E-state index in [0.717, 1.165) is 18.0 Å². The highest BCUT2D eigenvalue weighted by Crippen LogP contribution is 2.28. The maximum absolute atomic E-state index is 9.07. The number of pyridine rings is 1. The van der Waals surface area contributed by atoms with E-state index in [0.29, 0.717) is 5.88 Å². The van der Waals surface area contributed by atoms with E-state index >= 15 is 0 Å². The summed E-state index contributed by atoms with van der Waals surface area (Å²) >= 11 is 0. The standard InChI is InChI=1S/C12H15N3O/c1-16-12-5-4-10(8-15-12)11(6-13)14-7-9-2-3-9/h4-5,8-9,11,14H,2-3,7H2,1H3. The van der Waals surface area contributed by atoms with E-state index in [9.17, 15) is 0 Å². The van der Waals surface area contributed by atoms with Gasteiger partial charge in [-0.05, 0) is 31.4 Å². The molecule has 1 aliphatic rings. The van der Waals surface area contributed by atoms with Crippen molar-refractivity contribution in [1.82, 2.24) is 10.3 Å². The molecule has 0 aliphatic heterocycles. The molecular weight excluding hydrogens is 202 g/mol. The lowest BCUT2D eigenvalue weighted by Crippen LogP contribution is -2.22. The number of hydrogen-bond acceptors (Lipinski definition) is 4. The van der Waals surface area contributed by atoms with E-state index in [-0.39, 0.29) is 6.04 Å². The number of hydrogen-bond donors (Lipinski definition) is 1. The molecule has 1 unspecified atom stereocenters. The Morgan fingerprint density at radius 1 is 1.62 bits per heavy atom. The number of nitrogens with one attached hydrogen (secondary N) is 1.